The Bertz CT molecular complexity index is 94.9. The summed E-state index contributed by atoms with van der Waals surface area (Å²) in [5, 5.41) is 0. The maximum Gasteiger partial charge on any atom is 0.0150 e. The molecule has 0 amide bonds. The highest BCUT2D eigenvalue weighted by molar-refractivity contribution is 4.79. The van der Waals surface area contributed by atoms with Crippen molar-refractivity contribution in [3.8, 4) is 0 Å². The van der Waals surface area contributed by atoms with Gasteiger partial charge in [-0.3, -0.25) is 4.90 Å². The summed E-state index contributed by atoms with van der Waals surface area (Å²) in [6.07, 6.45) is 1.21. The maximum absolute atomic E-state index is 2.41. The first-order chi connectivity index (χ1) is 4.41. The minimum atomic E-state index is 0.355. The van der Waals surface area contributed by atoms with Crippen molar-refractivity contribution in [1.29, 1.82) is 0 Å². The minimum Gasteiger partial charge on any atom is -0.299 e. The molecule has 0 radical (unpaired) electrons. The topological polar surface area (TPSA) is 3.24 Å². The third kappa shape index (κ3) is 2.30. The number of hydrogen-bond donors (Lipinski definition) is 0. The van der Waals surface area contributed by atoms with Gasteiger partial charge in [-0.1, -0.05) is 6.92 Å². The van der Waals surface area contributed by atoms with Crippen LogP contribution in [0.25, 0.3) is 0 Å². The standard InChI is InChI=1S/C9H21N/c1-7-9(4,5)10(6)8(2)3/h8H,7H2,1-6H3. The molecule has 0 bridgehead atoms. The molecule has 10 heavy (non-hydrogen) atoms. The summed E-state index contributed by atoms with van der Waals surface area (Å²) < 4.78 is 0. The third-order valence-corrected chi connectivity index (χ3v) is 2.59. The van der Waals surface area contributed by atoms with Crippen molar-refractivity contribution in [2.24, 2.45) is 0 Å². The van der Waals surface area contributed by atoms with Gasteiger partial charge in [0.1, 0.15) is 0 Å². The second-order valence-electron chi connectivity index (χ2n) is 3.87. The van der Waals surface area contributed by atoms with E-state index in [0.717, 1.165) is 0 Å². The Morgan fingerprint density at radius 2 is 1.70 bits per heavy atom. The van der Waals surface area contributed by atoms with Crippen LogP contribution < -0.4 is 0 Å². The summed E-state index contributed by atoms with van der Waals surface area (Å²) in [5.41, 5.74) is 0.355. The summed E-state index contributed by atoms with van der Waals surface area (Å²) in [6, 6.07) is 0.648. The Balaban J connectivity index is 4.03. The van der Waals surface area contributed by atoms with Crippen molar-refractivity contribution >= 4 is 0 Å². The second-order valence-corrected chi connectivity index (χ2v) is 3.87. The van der Waals surface area contributed by atoms with Crippen LogP contribution in [0.5, 0.6) is 0 Å². The summed E-state index contributed by atoms with van der Waals surface area (Å²) in [6.45, 7) is 11.3. The van der Waals surface area contributed by atoms with Crippen LogP contribution in [0.4, 0.5) is 0 Å². The Labute approximate surface area is 65.4 Å². The molecule has 0 aliphatic carbocycles. The van der Waals surface area contributed by atoms with E-state index in [1.165, 1.54) is 6.42 Å². The molecular formula is C9H21N. The number of hydrogen-bond acceptors (Lipinski definition) is 1. The van der Waals surface area contributed by atoms with Crippen LogP contribution in [0.2, 0.25) is 0 Å². The lowest BCUT2D eigenvalue weighted by atomic mass is 9.98. The zero-order chi connectivity index (χ0) is 8.36. The fourth-order valence-corrected chi connectivity index (χ4v) is 0.948. The van der Waals surface area contributed by atoms with Crippen LogP contribution in [0, 0.1) is 0 Å². The summed E-state index contributed by atoms with van der Waals surface area (Å²) >= 11 is 0. The van der Waals surface area contributed by atoms with Crippen LogP contribution in [0.15, 0.2) is 0 Å². The molecule has 62 valence electrons. The molecule has 0 aliphatic rings. The molecule has 1 heteroatoms. The first-order valence-corrected chi connectivity index (χ1v) is 4.14. The number of rotatable bonds is 3. The lowest BCUT2D eigenvalue weighted by molar-refractivity contribution is 0.115. The first-order valence-electron chi connectivity index (χ1n) is 4.14. The molecule has 0 saturated carbocycles. The lowest BCUT2D eigenvalue weighted by Gasteiger charge is -2.37. The molecule has 0 unspecified atom stereocenters. The van der Waals surface area contributed by atoms with Gasteiger partial charge in [0.05, 0.1) is 0 Å². The Kier molecular flexibility index (Phi) is 3.37. The van der Waals surface area contributed by atoms with E-state index in [9.17, 15) is 0 Å². The lowest BCUT2D eigenvalue weighted by Crippen LogP contribution is -2.44. The van der Waals surface area contributed by atoms with E-state index in [-0.39, 0.29) is 0 Å². The van der Waals surface area contributed by atoms with Gasteiger partial charge in [0.2, 0.25) is 0 Å². The van der Waals surface area contributed by atoms with Crippen LogP contribution in [0.1, 0.15) is 41.0 Å². The predicted molar refractivity (Wildman–Crippen MR) is 47.3 cm³/mol. The van der Waals surface area contributed by atoms with Crippen molar-refractivity contribution in [1.82, 2.24) is 4.90 Å². The van der Waals surface area contributed by atoms with E-state index in [1.807, 2.05) is 0 Å². The van der Waals surface area contributed by atoms with Gasteiger partial charge in [-0.15, -0.1) is 0 Å². The fraction of sp³-hybridized carbons (Fsp3) is 1.00. The molecule has 0 fully saturated rings. The quantitative estimate of drug-likeness (QED) is 0.587. The summed E-state index contributed by atoms with van der Waals surface area (Å²) in [5.74, 6) is 0. The van der Waals surface area contributed by atoms with Crippen LogP contribution in [-0.4, -0.2) is 23.5 Å². The molecule has 0 aromatic heterocycles. The highest BCUT2D eigenvalue weighted by Gasteiger charge is 2.22. The van der Waals surface area contributed by atoms with Gasteiger partial charge >= 0.3 is 0 Å². The zero-order valence-electron chi connectivity index (χ0n) is 8.23. The van der Waals surface area contributed by atoms with Crippen molar-refractivity contribution < 1.29 is 0 Å². The Hall–Kier alpha value is -0.0400. The Morgan fingerprint density at radius 3 is 1.80 bits per heavy atom. The SMILES string of the molecule is CCC(C)(C)N(C)C(C)C. The van der Waals surface area contributed by atoms with E-state index in [1.54, 1.807) is 0 Å². The zero-order valence-corrected chi connectivity index (χ0v) is 8.23. The van der Waals surface area contributed by atoms with Gasteiger partial charge in [-0.2, -0.15) is 0 Å². The highest BCUT2D eigenvalue weighted by Crippen LogP contribution is 2.18. The van der Waals surface area contributed by atoms with Gasteiger partial charge in [0.25, 0.3) is 0 Å². The number of nitrogens with zero attached hydrogens (tertiary/aromatic N) is 1. The molecule has 0 aromatic carbocycles. The molecule has 1 nitrogen and oxygen atoms in total. The smallest absolute Gasteiger partial charge is 0.0150 e. The molecule has 0 aliphatic heterocycles. The van der Waals surface area contributed by atoms with E-state index in [2.05, 4.69) is 46.6 Å². The first kappa shape index (κ1) is 9.96. The molecule has 0 atom stereocenters. The molecule has 0 aromatic rings. The predicted octanol–water partition coefficient (Wildman–Crippen LogP) is 2.52. The van der Waals surface area contributed by atoms with Crippen LogP contribution in [0.3, 0.4) is 0 Å². The van der Waals surface area contributed by atoms with Crippen molar-refractivity contribution in [3.63, 3.8) is 0 Å². The minimum absolute atomic E-state index is 0.355. The average Bonchev–Trinajstić information content (AvgIpc) is 1.86. The van der Waals surface area contributed by atoms with Gasteiger partial charge < -0.3 is 0 Å². The molecular weight excluding hydrogens is 122 g/mol. The second kappa shape index (κ2) is 3.38. The van der Waals surface area contributed by atoms with Crippen molar-refractivity contribution in [2.75, 3.05) is 7.05 Å². The molecule has 0 rings (SSSR count). The largest absolute Gasteiger partial charge is 0.299 e. The van der Waals surface area contributed by atoms with Crippen molar-refractivity contribution in [3.05, 3.63) is 0 Å². The normalized spacial score (nSPS) is 13.2. The summed E-state index contributed by atoms with van der Waals surface area (Å²) in [7, 11) is 2.19. The molecule has 0 N–H and O–H groups in total. The monoisotopic (exact) mass is 143 g/mol. The van der Waals surface area contributed by atoms with E-state index < -0.39 is 0 Å². The highest BCUT2D eigenvalue weighted by atomic mass is 15.2. The maximum atomic E-state index is 2.41. The average molecular weight is 143 g/mol. The summed E-state index contributed by atoms with van der Waals surface area (Å²) in [4.78, 5) is 2.41. The molecule has 0 heterocycles. The van der Waals surface area contributed by atoms with E-state index in [0.29, 0.717) is 11.6 Å². The van der Waals surface area contributed by atoms with Crippen molar-refractivity contribution in [2.45, 2.75) is 52.6 Å². The van der Waals surface area contributed by atoms with E-state index in [4.69, 9.17) is 0 Å². The van der Waals surface area contributed by atoms with E-state index >= 15 is 0 Å². The van der Waals surface area contributed by atoms with Gasteiger partial charge in [-0.25, -0.2) is 0 Å². The van der Waals surface area contributed by atoms with Crippen LogP contribution in [-0.2, 0) is 0 Å². The van der Waals surface area contributed by atoms with Gasteiger partial charge in [0, 0.05) is 11.6 Å². The third-order valence-electron chi connectivity index (χ3n) is 2.59. The van der Waals surface area contributed by atoms with Gasteiger partial charge in [-0.05, 0) is 41.2 Å². The molecule has 0 spiro atoms. The molecule has 0 saturated heterocycles. The van der Waals surface area contributed by atoms with Crippen LogP contribution >= 0.6 is 0 Å². The van der Waals surface area contributed by atoms with Gasteiger partial charge in [0.15, 0.2) is 0 Å². The fourth-order valence-electron chi connectivity index (χ4n) is 0.948. The Morgan fingerprint density at radius 1 is 1.30 bits per heavy atom.